The molecule has 138 valence electrons. The fourth-order valence-corrected chi connectivity index (χ4v) is 4.74. The second kappa shape index (κ2) is 8.20. The van der Waals surface area contributed by atoms with E-state index in [1.165, 1.54) is 4.31 Å². The third-order valence-corrected chi connectivity index (χ3v) is 6.62. The van der Waals surface area contributed by atoms with E-state index in [1.54, 1.807) is 24.3 Å². The Morgan fingerprint density at radius 3 is 2.27 bits per heavy atom. The molecule has 0 unspecified atom stereocenters. The van der Waals surface area contributed by atoms with Crippen molar-refractivity contribution in [3.63, 3.8) is 0 Å². The molecule has 1 aliphatic heterocycles. The van der Waals surface area contributed by atoms with E-state index in [0.29, 0.717) is 36.6 Å². The lowest BCUT2D eigenvalue weighted by atomic mass is 9.97. The van der Waals surface area contributed by atoms with Crippen molar-refractivity contribution in [1.29, 1.82) is 0 Å². The lowest BCUT2D eigenvalue weighted by Gasteiger charge is -2.30. The molecule has 0 spiro atoms. The fraction of sp³-hybridized carbons (Fsp3) is 0.316. The summed E-state index contributed by atoms with van der Waals surface area (Å²) in [6.45, 7) is 0.738. The molecule has 3 rings (SSSR count). The van der Waals surface area contributed by atoms with E-state index in [-0.39, 0.29) is 17.6 Å². The van der Waals surface area contributed by atoms with Crippen molar-refractivity contribution in [2.24, 2.45) is 5.92 Å². The number of sulfonamides is 1. The van der Waals surface area contributed by atoms with Crippen molar-refractivity contribution in [3.8, 4) is 0 Å². The molecule has 5 nitrogen and oxygen atoms in total. The Bertz CT molecular complexity index is 846. The van der Waals surface area contributed by atoms with Crippen LogP contribution in [0, 0.1) is 5.92 Å². The van der Waals surface area contributed by atoms with Crippen LogP contribution in [0.4, 0.5) is 5.69 Å². The Kier molecular flexibility index (Phi) is 5.96. The summed E-state index contributed by atoms with van der Waals surface area (Å²) in [5, 5.41) is 3.48. The average molecular weight is 393 g/mol. The van der Waals surface area contributed by atoms with Gasteiger partial charge in [0.15, 0.2) is 0 Å². The first-order valence-corrected chi connectivity index (χ1v) is 10.5. The fourth-order valence-electron chi connectivity index (χ4n) is 3.05. The number of carbonyl (C=O) groups is 1. The molecule has 1 heterocycles. The standard InChI is InChI=1S/C19H21ClN2O3S/c20-17-6-8-18(9-7-17)21-19(23)16-10-12-22(13-11-16)26(24,25)14-15-4-2-1-3-5-15/h1-9,16H,10-14H2,(H,21,23). The molecule has 26 heavy (non-hydrogen) atoms. The number of piperidine rings is 1. The predicted octanol–water partition coefficient (Wildman–Crippen LogP) is 3.52. The molecular formula is C19H21ClN2O3S. The number of hydrogen-bond donors (Lipinski definition) is 1. The number of rotatable bonds is 5. The smallest absolute Gasteiger partial charge is 0.227 e. The lowest BCUT2D eigenvalue weighted by Crippen LogP contribution is -2.41. The van der Waals surface area contributed by atoms with Crippen molar-refractivity contribution in [2.75, 3.05) is 18.4 Å². The van der Waals surface area contributed by atoms with Crippen molar-refractivity contribution >= 4 is 33.2 Å². The maximum Gasteiger partial charge on any atom is 0.227 e. The number of nitrogens with one attached hydrogen (secondary N) is 1. The van der Waals surface area contributed by atoms with Gasteiger partial charge < -0.3 is 5.32 Å². The topological polar surface area (TPSA) is 66.5 Å². The monoisotopic (exact) mass is 392 g/mol. The van der Waals surface area contributed by atoms with E-state index in [1.807, 2.05) is 30.3 Å². The number of amides is 1. The zero-order chi connectivity index (χ0) is 18.6. The van der Waals surface area contributed by atoms with Crippen LogP contribution in [0.3, 0.4) is 0 Å². The van der Waals surface area contributed by atoms with E-state index < -0.39 is 10.0 Å². The van der Waals surface area contributed by atoms with Crippen LogP contribution in [-0.2, 0) is 20.6 Å². The molecule has 2 aromatic rings. The minimum absolute atomic E-state index is 0.00449. The summed E-state index contributed by atoms with van der Waals surface area (Å²) in [6.07, 6.45) is 1.04. The third kappa shape index (κ3) is 4.84. The van der Waals surface area contributed by atoms with E-state index in [9.17, 15) is 13.2 Å². The van der Waals surface area contributed by atoms with Gasteiger partial charge in [0.05, 0.1) is 5.75 Å². The van der Waals surface area contributed by atoms with Gasteiger partial charge in [-0.3, -0.25) is 4.79 Å². The van der Waals surface area contributed by atoms with Crippen molar-refractivity contribution in [2.45, 2.75) is 18.6 Å². The summed E-state index contributed by atoms with van der Waals surface area (Å²) >= 11 is 5.84. The molecule has 0 bridgehead atoms. The molecule has 0 atom stereocenters. The van der Waals surface area contributed by atoms with Crippen LogP contribution in [0.2, 0.25) is 5.02 Å². The molecule has 1 saturated heterocycles. The zero-order valence-corrected chi connectivity index (χ0v) is 15.8. The maximum absolute atomic E-state index is 12.6. The summed E-state index contributed by atoms with van der Waals surface area (Å²) < 4.78 is 26.6. The van der Waals surface area contributed by atoms with E-state index in [0.717, 1.165) is 5.56 Å². The Morgan fingerprint density at radius 1 is 1.04 bits per heavy atom. The summed E-state index contributed by atoms with van der Waals surface area (Å²) in [5.41, 5.74) is 1.47. The van der Waals surface area contributed by atoms with Crippen molar-refractivity contribution in [3.05, 3.63) is 65.2 Å². The van der Waals surface area contributed by atoms with Crippen LogP contribution in [0.1, 0.15) is 18.4 Å². The van der Waals surface area contributed by atoms with Crippen molar-refractivity contribution < 1.29 is 13.2 Å². The average Bonchev–Trinajstić information content (AvgIpc) is 2.64. The first-order valence-electron chi connectivity index (χ1n) is 8.52. The van der Waals surface area contributed by atoms with E-state index >= 15 is 0 Å². The number of nitrogens with zero attached hydrogens (tertiary/aromatic N) is 1. The van der Waals surface area contributed by atoms with Gasteiger partial charge in [-0.2, -0.15) is 0 Å². The van der Waals surface area contributed by atoms with Crippen LogP contribution < -0.4 is 5.32 Å². The molecule has 0 aliphatic carbocycles. The summed E-state index contributed by atoms with van der Waals surface area (Å²) in [4.78, 5) is 12.4. The Balaban J connectivity index is 1.54. The van der Waals surface area contributed by atoms with Gasteiger partial charge >= 0.3 is 0 Å². The zero-order valence-electron chi connectivity index (χ0n) is 14.3. The summed E-state index contributed by atoms with van der Waals surface area (Å²) in [7, 11) is -3.36. The molecule has 1 amide bonds. The van der Waals surface area contributed by atoms with E-state index in [4.69, 9.17) is 11.6 Å². The van der Waals surface area contributed by atoms with Gasteiger partial charge in [-0.15, -0.1) is 0 Å². The Labute approximate surface area is 159 Å². The number of anilines is 1. The quantitative estimate of drug-likeness (QED) is 0.846. The van der Waals surface area contributed by atoms with Crippen LogP contribution in [0.5, 0.6) is 0 Å². The van der Waals surface area contributed by atoms with Gasteiger partial charge in [0.1, 0.15) is 0 Å². The molecule has 1 aliphatic rings. The number of carbonyl (C=O) groups excluding carboxylic acids is 1. The highest BCUT2D eigenvalue weighted by Crippen LogP contribution is 2.23. The summed E-state index contributed by atoms with van der Waals surface area (Å²) in [5.74, 6) is -0.267. The minimum Gasteiger partial charge on any atom is -0.326 e. The minimum atomic E-state index is -3.36. The van der Waals surface area contributed by atoms with Gasteiger partial charge in [0.25, 0.3) is 0 Å². The number of benzene rings is 2. The van der Waals surface area contributed by atoms with Gasteiger partial charge in [-0.05, 0) is 42.7 Å². The molecule has 1 N–H and O–H groups in total. The highest BCUT2D eigenvalue weighted by Gasteiger charge is 2.31. The number of hydrogen-bond acceptors (Lipinski definition) is 3. The van der Waals surface area contributed by atoms with Crippen LogP contribution in [-0.4, -0.2) is 31.7 Å². The predicted molar refractivity (Wildman–Crippen MR) is 103 cm³/mol. The largest absolute Gasteiger partial charge is 0.326 e. The number of halogens is 1. The molecule has 2 aromatic carbocycles. The van der Waals surface area contributed by atoms with Crippen LogP contribution >= 0.6 is 11.6 Å². The van der Waals surface area contributed by atoms with Gasteiger partial charge in [0, 0.05) is 29.7 Å². The molecular weight excluding hydrogens is 372 g/mol. The highest BCUT2D eigenvalue weighted by atomic mass is 35.5. The van der Waals surface area contributed by atoms with E-state index in [2.05, 4.69) is 5.32 Å². The van der Waals surface area contributed by atoms with Gasteiger partial charge in [-0.1, -0.05) is 41.9 Å². The lowest BCUT2D eigenvalue weighted by molar-refractivity contribution is -0.120. The molecule has 0 aromatic heterocycles. The normalized spacial score (nSPS) is 16.3. The van der Waals surface area contributed by atoms with Crippen LogP contribution in [0.15, 0.2) is 54.6 Å². The second-order valence-electron chi connectivity index (χ2n) is 6.41. The van der Waals surface area contributed by atoms with Gasteiger partial charge in [0.2, 0.25) is 15.9 Å². The first kappa shape index (κ1) is 18.9. The van der Waals surface area contributed by atoms with Crippen LogP contribution in [0.25, 0.3) is 0 Å². The Morgan fingerprint density at radius 2 is 1.65 bits per heavy atom. The van der Waals surface area contributed by atoms with Gasteiger partial charge in [-0.25, -0.2) is 12.7 Å². The molecule has 0 radical (unpaired) electrons. The third-order valence-electron chi connectivity index (χ3n) is 4.52. The van der Waals surface area contributed by atoms with Crippen molar-refractivity contribution in [1.82, 2.24) is 4.31 Å². The summed E-state index contributed by atoms with van der Waals surface area (Å²) in [6, 6.07) is 16.1. The molecule has 7 heteroatoms. The molecule has 0 saturated carbocycles. The Hall–Kier alpha value is -1.89. The maximum atomic E-state index is 12.6. The second-order valence-corrected chi connectivity index (χ2v) is 8.82. The SMILES string of the molecule is O=C(Nc1ccc(Cl)cc1)C1CCN(S(=O)(=O)Cc2ccccc2)CC1. The molecule has 1 fully saturated rings. The first-order chi connectivity index (χ1) is 12.4. The highest BCUT2D eigenvalue weighted by molar-refractivity contribution is 7.88.